The third kappa shape index (κ3) is 2.81. The van der Waals surface area contributed by atoms with Crippen molar-refractivity contribution in [2.24, 2.45) is 5.92 Å². The summed E-state index contributed by atoms with van der Waals surface area (Å²) < 4.78 is 5.04. The van der Waals surface area contributed by atoms with Crippen molar-refractivity contribution in [3.8, 4) is 0 Å². The Kier molecular flexibility index (Phi) is 3.71. The van der Waals surface area contributed by atoms with Crippen LogP contribution in [0.2, 0.25) is 0 Å². The normalized spacial score (nSPS) is 26.9. The Morgan fingerprint density at radius 2 is 1.59 bits per heavy atom. The van der Waals surface area contributed by atoms with E-state index in [9.17, 15) is 14.4 Å². The SMILES string of the molecule is O=C1C=C2CCCCCCCC(=O)C1C(=O)O2. The molecule has 2 aliphatic heterocycles. The fraction of sp³-hybridized carbons (Fsp3) is 0.615. The molecule has 17 heavy (non-hydrogen) atoms. The molecular formula is C13H16O4. The Morgan fingerprint density at radius 1 is 0.941 bits per heavy atom. The molecule has 0 spiro atoms. The molecule has 1 aliphatic carbocycles. The van der Waals surface area contributed by atoms with E-state index in [1.54, 1.807) is 0 Å². The van der Waals surface area contributed by atoms with Gasteiger partial charge in [0.15, 0.2) is 17.5 Å². The second-order valence-electron chi connectivity index (χ2n) is 4.60. The number of carbonyl (C=O) groups is 3. The van der Waals surface area contributed by atoms with Crippen molar-refractivity contribution in [1.29, 1.82) is 0 Å². The minimum absolute atomic E-state index is 0.295. The van der Waals surface area contributed by atoms with E-state index in [0.29, 0.717) is 18.6 Å². The minimum atomic E-state index is -1.20. The summed E-state index contributed by atoms with van der Waals surface area (Å²) in [6.07, 6.45) is 7.03. The molecule has 0 amide bonds. The maximum atomic E-state index is 11.8. The summed E-state index contributed by atoms with van der Waals surface area (Å²) in [4.78, 5) is 35.1. The van der Waals surface area contributed by atoms with Crippen molar-refractivity contribution < 1.29 is 19.1 Å². The van der Waals surface area contributed by atoms with Crippen LogP contribution in [0.3, 0.4) is 0 Å². The number of fused-ring (bicyclic) bond motifs is 9. The monoisotopic (exact) mass is 236 g/mol. The van der Waals surface area contributed by atoms with Crippen LogP contribution in [0.1, 0.15) is 44.9 Å². The number of rotatable bonds is 0. The van der Waals surface area contributed by atoms with Gasteiger partial charge in [0.1, 0.15) is 5.76 Å². The number of carbonyl (C=O) groups excluding carboxylic acids is 3. The zero-order valence-electron chi connectivity index (χ0n) is 9.74. The van der Waals surface area contributed by atoms with E-state index < -0.39 is 17.7 Å². The van der Waals surface area contributed by atoms with Crippen molar-refractivity contribution in [2.75, 3.05) is 0 Å². The molecule has 92 valence electrons. The lowest BCUT2D eigenvalue weighted by atomic mass is 9.91. The first-order chi connectivity index (χ1) is 8.18. The Balaban J connectivity index is 2.20. The maximum Gasteiger partial charge on any atom is 0.329 e. The van der Waals surface area contributed by atoms with Gasteiger partial charge in [-0.1, -0.05) is 19.3 Å². The number of esters is 1. The second-order valence-corrected chi connectivity index (χ2v) is 4.60. The summed E-state index contributed by atoms with van der Waals surface area (Å²) in [5.41, 5.74) is 0. The third-order valence-corrected chi connectivity index (χ3v) is 3.22. The van der Waals surface area contributed by atoms with Gasteiger partial charge in [-0.2, -0.15) is 0 Å². The Hall–Kier alpha value is -1.45. The lowest BCUT2D eigenvalue weighted by Crippen LogP contribution is -2.35. The molecule has 1 atom stereocenters. The molecule has 0 aromatic heterocycles. The van der Waals surface area contributed by atoms with Crippen LogP contribution in [0.4, 0.5) is 0 Å². The first-order valence-corrected chi connectivity index (χ1v) is 6.17. The summed E-state index contributed by atoms with van der Waals surface area (Å²) in [6.45, 7) is 0. The van der Waals surface area contributed by atoms with Gasteiger partial charge in [0.25, 0.3) is 0 Å². The van der Waals surface area contributed by atoms with Crippen molar-refractivity contribution >= 4 is 17.5 Å². The summed E-state index contributed by atoms with van der Waals surface area (Å²) in [6, 6.07) is 0. The molecule has 2 heterocycles. The number of hydrogen-bond donors (Lipinski definition) is 0. The van der Waals surface area contributed by atoms with Gasteiger partial charge < -0.3 is 4.74 Å². The summed E-state index contributed by atoms with van der Waals surface area (Å²) in [7, 11) is 0. The summed E-state index contributed by atoms with van der Waals surface area (Å²) in [5, 5.41) is 0. The highest BCUT2D eigenvalue weighted by molar-refractivity contribution is 6.22. The minimum Gasteiger partial charge on any atom is -0.430 e. The number of ether oxygens (including phenoxy) is 1. The lowest BCUT2D eigenvalue weighted by molar-refractivity contribution is -0.153. The largest absolute Gasteiger partial charge is 0.430 e. The average Bonchev–Trinajstić information content (AvgIpc) is 2.25. The second kappa shape index (κ2) is 5.25. The molecule has 4 heteroatoms. The molecule has 0 N–H and O–H groups in total. The summed E-state index contributed by atoms with van der Waals surface area (Å²) >= 11 is 0. The number of ketones is 2. The Bertz CT molecular complexity index is 381. The van der Waals surface area contributed by atoms with Gasteiger partial charge in [-0.15, -0.1) is 0 Å². The van der Waals surface area contributed by atoms with Crippen LogP contribution >= 0.6 is 0 Å². The molecule has 0 aromatic rings. The molecule has 0 aromatic carbocycles. The van der Waals surface area contributed by atoms with Crippen LogP contribution in [0.5, 0.6) is 0 Å². The van der Waals surface area contributed by atoms with Gasteiger partial charge in [-0.05, 0) is 12.8 Å². The topological polar surface area (TPSA) is 60.4 Å². The zero-order chi connectivity index (χ0) is 12.3. The molecule has 1 unspecified atom stereocenters. The van der Waals surface area contributed by atoms with E-state index in [1.807, 2.05) is 0 Å². The van der Waals surface area contributed by atoms with Crippen molar-refractivity contribution in [1.82, 2.24) is 0 Å². The van der Waals surface area contributed by atoms with Gasteiger partial charge in [0.2, 0.25) is 0 Å². The fourth-order valence-electron chi connectivity index (χ4n) is 2.26. The maximum absolute atomic E-state index is 11.8. The number of Topliss-reactive ketones (excluding diaryl/α,β-unsaturated/α-hetero) is 1. The zero-order valence-corrected chi connectivity index (χ0v) is 9.74. The van der Waals surface area contributed by atoms with Crippen LogP contribution in [0, 0.1) is 5.92 Å². The highest BCUT2D eigenvalue weighted by atomic mass is 16.5. The van der Waals surface area contributed by atoms with E-state index in [-0.39, 0.29) is 5.78 Å². The smallest absolute Gasteiger partial charge is 0.329 e. The first-order valence-electron chi connectivity index (χ1n) is 6.17. The van der Waals surface area contributed by atoms with Gasteiger partial charge in [0, 0.05) is 18.9 Å². The summed E-state index contributed by atoms with van der Waals surface area (Å²) in [5.74, 6) is -2.15. The van der Waals surface area contributed by atoms with Crippen molar-refractivity contribution in [3.63, 3.8) is 0 Å². The van der Waals surface area contributed by atoms with Gasteiger partial charge in [-0.3, -0.25) is 14.4 Å². The molecule has 0 saturated carbocycles. The predicted molar refractivity (Wildman–Crippen MR) is 60.0 cm³/mol. The molecule has 2 bridgehead atoms. The molecule has 4 nitrogen and oxygen atoms in total. The molecular weight excluding hydrogens is 220 g/mol. The average molecular weight is 236 g/mol. The van der Waals surface area contributed by atoms with Crippen LogP contribution in [0.15, 0.2) is 11.8 Å². The fourth-order valence-corrected chi connectivity index (χ4v) is 2.26. The first kappa shape index (κ1) is 12.0. The highest BCUT2D eigenvalue weighted by Crippen LogP contribution is 2.23. The van der Waals surface area contributed by atoms with Crippen molar-refractivity contribution in [2.45, 2.75) is 44.9 Å². The van der Waals surface area contributed by atoms with E-state index in [4.69, 9.17) is 4.74 Å². The molecule has 3 rings (SSSR count). The quantitative estimate of drug-likeness (QED) is 0.476. The van der Waals surface area contributed by atoms with Crippen molar-refractivity contribution in [3.05, 3.63) is 11.8 Å². The van der Waals surface area contributed by atoms with Crippen LogP contribution in [0.25, 0.3) is 0 Å². The lowest BCUT2D eigenvalue weighted by Gasteiger charge is -2.20. The van der Waals surface area contributed by atoms with Crippen LogP contribution in [-0.4, -0.2) is 17.5 Å². The Morgan fingerprint density at radius 3 is 2.29 bits per heavy atom. The number of allylic oxidation sites excluding steroid dienone is 2. The molecule has 1 saturated heterocycles. The van der Waals surface area contributed by atoms with Gasteiger partial charge >= 0.3 is 5.97 Å². The predicted octanol–water partition coefficient (Wildman–Crippen LogP) is 1.93. The molecule has 0 radical (unpaired) electrons. The standard InChI is InChI=1S/C13H16O4/c14-10-7-5-3-1-2-4-6-9-8-11(15)12(10)13(16)17-9/h8,12H,1-7H2. The van der Waals surface area contributed by atoms with E-state index >= 15 is 0 Å². The number of hydrogen-bond acceptors (Lipinski definition) is 4. The third-order valence-electron chi connectivity index (χ3n) is 3.22. The van der Waals surface area contributed by atoms with Crippen LogP contribution in [-0.2, 0) is 19.1 Å². The Labute approximate surface area is 100 Å². The van der Waals surface area contributed by atoms with E-state index in [2.05, 4.69) is 0 Å². The van der Waals surface area contributed by atoms with E-state index in [1.165, 1.54) is 6.08 Å². The van der Waals surface area contributed by atoms with Gasteiger partial charge in [-0.25, -0.2) is 0 Å². The van der Waals surface area contributed by atoms with Crippen LogP contribution < -0.4 is 0 Å². The molecule has 3 aliphatic rings. The highest BCUT2D eigenvalue weighted by Gasteiger charge is 2.37. The molecule has 1 fully saturated rings. The van der Waals surface area contributed by atoms with Gasteiger partial charge in [0.05, 0.1) is 0 Å². The van der Waals surface area contributed by atoms with E-state index in [0.717, 1.165) is 32.1 Å².